The third-order valence-corrected chi connectivity index (χ3v) is 1.52. The van der Waals surface area contributed by atoms with Crippen LogP contribution in [0.5, 0.6) is 0 Å². The highest BCUT2D eigenvalue weighted by Gasteiger charge is 1.98. The van der Waals surface area contributed by atoms with Gasteiger partial charge in [-0.1, -0.05) is 11.8 Å². The molecule has 0 aromatic carbocycles. The summed E-state index contributed by atoms with van der Waals surface area (Å²) in [6, 6.07) is 1.39. The third kappa shape index (κ3) is 3.65. The Bertz CT molecular complexity index is 434. The Balaban J connectivity index is 2.64. The van der Waals surface area contributed by atoms with Gasteiger partial charge in [0, 0.05) is 18.7 Å². The fourth-order valence-corrected chi connectivity index (χ4v) is 0.848. The summed E-state index contributed by atoms with van der Waals surface area (Å²) in [5, 5.41) is 2.50. The first kappa shape index (κ1) is 11.0. The average Bonchev–Trinajstić information content (AvgIpc) is 2.18. The molecule has 0 aliphatic rings. The van der Waals surface area contributed by atoms with Gasteiger partial charge in [-0.3, -0.25) is 4.79 Å². The molecular formula is C10H10FN3O. The molecule has 0 unspecified atom stereocenters. The SMILES string of the molecule is CC(=O)NCC#Cc1cnc(F)c(N)c1. The predicted molar refractivity (Wildman–Crippen MR) is 54.2 cm³/mol. The molecule has 3 N–H and O–H groups in total. The van der Waals surface area contributed by atoms with Gasteiger partial charge in [0.1, 0.15) is 0 Å². The largest absolute Gasteiger partial charge is 0.395 e. The molecule has 0 fully saturated rings. The molecule has 78 valence electrons. The molecular weight excluding hydrogens is 197 g/mol. The smallest absolute Gasteiger partial charge is 0.236 e. The van der Waals surface area contributed by atoms with Crippen LogP contribution in [0.3, 0.4) is 0 Å². The molecule has 0 aliphatic carbocycles. The molecule has 0 atom stereocenters. The number of hydrogen-bond acceptors (Lipinski definition) is 3. The van der Waals surface area contributed by atoms with Gasteiger partial charge >= 0.3 is 0 Å². The van der Waals surface area contributed by atoms with E-state index in [2.05, 4.69) is 22.1 Å². The van der Waals surface area contributed by atoms with E-state index < -0.39 is 5.95 Å². The lowest BCUT2D eigenvalue weighted by molar-refractivity contribution is -0.118. The monoisotopic (exact) mass is 207 g/mol. The van der Waals surface area contributed by atoms with Crippen LogP contribution in [0, 0.1) is 17.8 Å². The maximum Gasteiger partial charge on any atom is 0.236 e. The lowest BCUT2D eigenvalue weighted by Gasteiger charge is -1.95. The Morgan fingerprint density at radius 3 is 3.07 bits per heavy atom. The van der Waals surface area contributed by atoms with Crippen molar-refractivity contribution >= 4 is 11.6 Å². The topological polar surface area (TPSA) is 68.0 Å². The summed E-state index contributed by atoms with van der Waals surface area (Å²) in [4.78, 5) is 13.9. The number of carbonyl (C=O) groups is 1. The second-order valence-electron chi connectivity index (χ2n) is 2.82. The lowest BCUT2D eigenvalue weighted by Crippen LogP contribution is -2.19. The molecule has 1 heterocycles. The third-order valence-electron chi connectivity index (χ3n) is 1.52. The van der Waals surface area contributed by atoms with Gasteiger partial charge in [0.25, 0.3) is 0 Å². The molecule has 5 heteroatoms. The van der Waals surface area contributed by atoms with Gasteiger partial charge in [-0.25, -0.2) is 4.98 Å². The first-order chi connectivity index (χ1) is 7.09. The average molecular weight is 207 g/mol. The Morgan fingerprint density at radius 1 is 1.73 bits per heavy atom. The Labute approximate surface area is 86.7 Å². The molecule has 0 saturated carbocycles. The van der Waals surface area contributed by atoms with E-state index in [-0.39, 0.29) is 18.1 Å². The predicted octanol–water partition coefficient (Wildman–Crippen LogP) is 0.291. The van der Waals surface area contributed by atoms with E-state index in [1.54, 1.807) is 0 Å². The van der Waals surface area contributed by atoms with Gasteiger partial charge in [-0.05, 0) is 6.07 Å². The lowest BCUT2D eigenvalue weighted by atomic mass is 10.2. The van der Waals surface area contributed by atoms with Crippen LogP contribution in [0.4, 0.5) is 10.1 Å². The highest BCUT2D eigenvalue weighted by molar-refractivity contribution is 5.73. The summed E-state index contributed by atoms with van der Waals surface area (Å²) in [6.07, 6.45) is 1.28. The van der Waals surface area contributed by atoms with Crippen molar-refractivity contribution in [1.82, 2.24) is 10.3 Å². The number of nitrogen functional groups attached to an aromatic ring is 1. The van der Waals surface area contributed by atoms with Crippen LogP contribution < -0.4 is 11.1 Å². The van der Waals surface area contributed by atoms with Crippen LogP contribution >= 0.6 is 0 Å². The number of nitrogens with one attached hydrogen (secondary N) is 1. The van der Waals surface area contributed by atoms with Crippen LogP contribution in [-0.2, 0) is 4.79 Å². The summed E-state index contributed by atoms with van der Waals surface area (Å²) in [7, 11) is 0. The number of aromatic nitrogens is 1. The van der Waals surface area contributed by atoms with Crippen molar-refractivity contribution in [2.45, 2.75) is 6.92 Å². The van der Waals surface area contributed by atoms with Gasteiger partial charge in [0.05, 0.1) is 12.2 Å². The van der Waals surface area contributed by atoms with Crippen molar-refractivity contribution < 1.29 is 9.18 Å². The summed E-state index contributed by atoms with van der Waals surface area (Å²) in [5.74, 6) is 4.52. The van der Waals surface area contributed by atoms with E-state index >= 15 is 0 Å². The van der Waals surface area contributed by atoms with Gasteiger partial charge in [-0.2, -0.15) is 4.39 Å². The number of nitrogens with two attached hydrogens (primary N) is 1. The standard InChI is InChI=1S/C10H10FN3O/c1-7(15)13-4-2-3-8-5-9(12)10(11)14-6-8/h5-6H,4,12H2,1H3,(H,13,15). The number of nitrogens with zero attached hydrogens (tertiary/aromatic N) is 1. The van der Waals surface area contributed by atoms with Crippen LogP contribution in [-0.4, -0.2) is 17.4 Å². The van der Waals surface area contributed by atoms with Crippen LogP contribution in [0.1, 0.15) is 12.5 Å². The minimum absolute atomic E-state index is 0.0404. The van der Waals surface area contributed by atoms with Crippen LogP contribution in [0.2, 0.25) is 0 Å². The normalized spacial score (nSPS) is 8.93. The van der Waals surface area contributed by atoms with Gasteiger partial charge in [0.15, 0.2) is 0 Å². The molecule has 1 aromatic rings. The Morgan fingerprint density at radius 2 is 2.47 bits per heavy atom. The first-order valence-corrected chi connectivity index (χ1v) is 4.24. The van der Waals surface area contributed by atoms with E-state index in [1.807, 2.05) is 0 Å². The number of pyridine rings is 1. The van der Waals surface area contributed by atoms with Gasteiger partial charge < -0.3 is 11.1 Å². The van der Waals surface area contributed by atoms with E-state index in [4.69, 9.17) is 5.73 Å². The molecule has 1 rings (SSSR count). The van der Waals surface area contributed by atoms with Crippen LogP contribution in [0.25, 0.3) is 0 Å². The van der Waals surface area contributed by atoms with E-state index in [9.17, 15) is 9.18 Å². The van der Waals surface area contributed by atoms with Crippen molar-refractivity contribution in [3.8, 4) is 11.8 Å². The summed E-state index contributed by atoms with van der Waals surface area (Å²) < 4.78 is 12.7. The molecule has 0 radical (unpaired) electrons. The quantitative estimate of drug-likeness (QED) is 0.513. The first-order valence-electron chi connectivity index (χ1n) is 4.24. The zero-order valence-corrected chi connectivity index (χ0v) is 8.17. The maximum atomic E-state index is 12.7. The Kier molecular flexibility index (Phi) is 3.63. The number of hydrogen-bond donors (Lipinski definition) is 2. The molecule has 1 amide bonds. The molecule has 15 heavy (non-hydrogen) atoms. The van der Waals surface area contributed by atoms with Gasteiger partial charge in [0.2, 0.25) is 11.9 Å². The summed E-state index contributed by atoms with van der Waals surface area (Å²) >= 11 is 0. The van der Waals surface area contributed by atoms with Crippen molar-refractivity contribution in [3.05, 3.63) is 23.8 Å². The highest BCUT2D eigenvalue weighted by atomic mass is 19.1. The Hall–Kier alpha value is -2.09. The number of amides is 1. The zero-order valence-electron chi connectivity index (χ0n) is 8.17. The molecule has 0 saturated heterocycles. The van der Waals surface area contributed by atoms with Crippen LogP contribution in [0.15, 0.2) is 12.3 Å². The fourth-order valence-electron chi connectivity index (χ4n) is 0.848. The van der Waals surface area contributed by atoms with E-state index in [0.717, 1.165) is 0 Å². The van der Waals surface area contributed by atoms with Crippen molar-refractivity contribution in [1.29, 1.82) is 0 Å². The number of carbonyl (C=O) groups excluding carboxylic acids is 1. The number of halogens is 1. The summed E-state index contributed by atoms with van der Waals surface area (Å²) in [6.45, 7) is 1.64. The molecule has 0 spiro atoms. The fraction of sp³-hybridized carbons (Fsp3) is 0.200. The molecule has 0 bridgehead atoms. The number of rotatable bonds is 1. The number of anilines is 1. The highest BCUT2D eigenvalue weighted by Crippen LogP contribution is 2.07. The minimum Gasteiger partial charge on any atom is -0.395 e. The molecule has 0 aliphatic heterocycles. The van der Waals surface area contributed by atoms with Crippen molar-refractivity contribution in [3.63, 3.8) is 0 Å². The zero-order chi connectivity index (χ0) is 11.3. The molecule has 4 nitrogen and oxygen atoms in total. The minimum atomic E-state index is -0.706. The summed E-state index contributed by atoms with van der Waals surface area (Å²) in [5.41, 5.74) is 5.77. The van der Waals surface area contributed by atoms with Crippen molar-refractivity contribution in [2.75, 3.05) is 12.3 Å². The van der Waals surface area contributed by atoms with Gasteiger partial charge in [-0.15, -0.1) is 0 Å². The van der Waals surface area contributed by atoms with Crippen molar-refractivity contribution in [2.24, 2.45) is 0 Å². The van der Waals surface area contributed by atoms with E-state index in [0.29, 0.717) is 5.56 Å². The molecule has 1 aromatic heterocycles. The second-order valence-corrected chi connectivity index (χ2v) is 2.82. The van der Waals surface area contributed by atoms with E-state index in [1.165, 1.54) is 19.2 Å². The second kappa shape index (κ2) is 4.96. The maximum absolute atomic E-state index is 12.7.